The zero-order valence-electron chi connectivity index (χ0n) is 17.1. The summed E-state index contributed by atoms with van der Waals surface area (Å²) in [5, 5.41) is 20.5. The number of hydrogen-bond acceptors (Lipinski definition) is 6. The lowest BCUT2D eigenvalue weighted by Gasteiger charge is -2.35. The van der Waals surface area contributed by atoms with Crippen LogP contribution < -0.4 is 4.90 Å². The van der Waals surface area contributed by atoms with Gasteiger partial charge in [0.1, 0.15) is 11.5 Å². The Morgan fingerprint density at radius 2 is 1.83 bits per heavy atom. The second-order valence-electron chi connectivity index (χ2n) is 7.75. The molecule has 0 radical (unpaired) electrons. The standard InChI is InChI=1S/C22H23N5O3/c1-14(2)21-23-24-22-15(3)25(11-12-26(21)22)18-10-9-17(13-19(18)27(29)30)20(28)16-7-5-4-6-8-16/h4-10,13-15H,11-12H2,1-3H3. The van der Waals surface area contributed by atoms with E-state index in [-0.39, 0.29) is 23.4 Å². The smallest absolute Gasteiger partial charge is 0.293 e. The first-order valence-electron chi connectivity index (χ1n) is 9.96. The maximum Gasteiger partial charge on any atom is 0.293 e. The Morgan fingerprint density at radius 3 is 2.50 bits per heavy atom. The van der Waals surface area contributed by atoms with E-state index in [9.17, 15) is 14.9 Å². The zero-order chi connectivity index (χ0) is 21.4. The van der Waals surface area contributed by atoms with E-state index < -0.39 is 4.92 Å². The molecule has 0 N–H and O–H groups in total. The first-order chi connectivity index (χ1) is 14.4. The zero-order valence-corrected chi connectivity index (χ0v) is 17.1. The molecule has 30 heavy (non-hydrogen) atoms. The van der Waals surface area contributed by atoms with E-state index in [1.807, 2.05) is 17.9 Å². The van der Waals surface area contributed by atoms with Gasteiger partial charge in [-0.1, -0.05) is 44.2 Å². The molecule has 4 rings (SSSR count). The highest BCUT2D eigenvalue weighted by Crippen LogP contribution is 2.37. The summed E-state index contributed by atoms with van der Waals surface area (Å²) in [4.78, 5) is 26.1. The third-order valence-corrected chi connectivity index (χ3v) is 5.51. The average Bonchev–Trinajstić information content (AvgIpc) is 3.19. The minimum absolute atomic E-state index is 0.0827. The maximum atomic E-state index is 12.7. The van der Waals surface area contributed by atoms with E-state index in [2.05, 4.69) is 28.6 Å². The van der Waals surface area contributed by atoms with Gasteiger partial charge in [-0.2, -0.15) is 0 Å². The Morgan fingerprint density at radius 1 is 1.10 bits per heavy atom. The van der Waals surface area contributed by atoms with E-state index in [0.717, 1.165) is 11.6 Å². The highest BCUT2D eigenvalue weighted by atomic mass is 16.6. The minimum Gasteiger partial charge on any atom is -0.354 e. The molecule has 1 aromatic heterocycles. The number of anilines is 1. The summed E-state index contributed by atoms with van der Waals surface area (Å²) >= 11 is 0. The number of nitrogens with zero attached hydrogens (tertiary/aromatic N) is 5. The molecule has 8 heteroatoms. The number of carbonyl (C=O) groups excluding carboxylic acids is 1. The fraction of sp³-hybridized carbons (Fsp3) is 0.318. The highest BCUT2D eigenvalue weighted by Gasteiger charge is 2.32. The van der Waals surface area contributed by atoms with Gasteiger partial charge in [-0.3, -0.25) is 14.9 Å². The van der Waals surface area contributed by atoms with Crippen LogP contribution in [0.1, 0.15) is 60.3 Å². The molecule has 3 aromatic rings. The summed E-state index contributed by atoms with van der Waals surface area (Å²) in [6.45, 7) is 7.36. The van der Waals surface area contributed by atoms with Gasteiger partial charge >= 0.3 is 0 Å². The number of nitro groups is 1. The lowest BCUT2D eigenvalue weighted by molar-refractivity contribution is -0.384. The second-order valence-corrected chi connectivity index (χ2v) is 7.75. The Labute approximate surface area is 174 Å². The lowest BCUT2D eigenvalue weighted by Crippen LogP contribution is -2.38. The summed E-state index contributed by atoms with van der Waals surface area (Å²) < 4.78 is 2.10. The van der Waals surface area contributed by atoms with E-state index >= 15 is 0 Å². The number of hydrogen-bond donors (Lipinski definition) is 0. The van der Waals surface area contributed by atoms with Gasteiger partial charge in [-0.05, 0) is 19.1 Å². The van der Waals surface area contributed by atoms with Crippen molar-refractivity contribution >= 4 is 17.2 Å². The highest BCUT2D eigenvalue weighted by molar-refractivity contribution is 6.09. The van der Waals surface area contributed by atoms with Crippen LogP contribution in [0.4, 0.5) is 11.4 Å². The monoisotopic (exact) mass is 405 g/mol. The van der Waals surface area contributed by atoms with Gasteiger partial charge < -0.3 is 9.47 Å². The number of nitro benzene ring substituents is 1. The second kappa shape index (κ2) is 7.70. The quantitative estimate of drug-likeness (QED) is 0.360. The average molecular weight is 405 g/mol. The lowest BCUT2D eigenvalue weighted by atomic mass is 10.0. The van der Waals surface area contributed by atoms with Crippen LogP contribution in [-0.2, 0) is 6.54 Å². The van der Waals surface area contributed by atoms with Gasteiger partial charge in [-0.15, -0.1) is 10.2 Å². The van der Waals surface area contributed by atoms with Gasteiger partial charge in [0.25, 0.3) is 5.69 Å². The number of carbonyl (C=O) groups is 1. The molecule has 0 fully saturated rings. The number of benzene rings is 2. The molecule has 1 unspecified atom stereocenters. The summed E-state index contributed by atoms with van der Waals surface area (Å²) in [6.07, 6.45) is 0. The number of fused-ring (bicyclic) bond motifs is 1. The fourth-order valence-electron chi connectivity index (χ4n) is 3.97. The van der Waals surface area contributed by atoms with Gasteiger partial charge in [-0.25, -0.2) is 0 Å². The molecule has 0 bridgehead atoms. The van der Waals surface area contributed by atoms with Crippen molar-refractivity contribution in [2.75, 3.05) is 11.4 Å². The van der Waals surface area contributed by atoms with Crippen LogP contribution in [0.25, 0.3) is 0 Å². The predicted octanol–water partition coefficient (Wildman–Crippen LogP) is 4.12. The van der Waals surface area contributed by atoms with Crippen LogP contribution in [0.3, 0.4) is 0 Å². The molecule has 0 aliphatic carbocycles. The molecular formula is C22H23N5O3. The predicted molar refractivity (Wildman–Crippen MR) is 113 cm³/mol. The molecule has 0 amide bonds. The SMILES string of the molecule is CC(C)c1nnc2n1CCN(c1ccc(C(=O)c3ccccc3)cc1[N+](=O)[O-])C2C. The van der Waals surface area contributed by atoms with Crippen molar-refractivity contribution in [1.29, 1.82) is 0 Å². The van der Waals surface area contributed by atoms with Crippen molar-refractivity contribution in [3.05, 3.63) is 81.4 Å². The van der Waals surface area contributed by atoms with Crippen LogP contribution in [0.15, 0.2) is 48.5 Å². The van der Waals surface area contributed by atoms with Crippen molar-refractivity contribution in [1.82, 2.24) is 14.8 Å². The minimum atomic E-state index is -0.428. The maximum absolute atomic E-state index is 12.7. The molecule has 0 saturated carbocycles. The Kier molecular flexibility index (Phi) is 5.07. The Balaban J connectivity index is 1.71. The first-order valence-corrected chi connectivity index (χ1v) is 9.96. The van der Waals surface area contributed by atoms with Crippen molar-refractivity contribution in [3.8, 4) is 0 Å². The molecular weight excluding hydrogens is 382 g/mol. The molecule has 0 spiro atoms. The molecule has 2 heterocycles. The summed E-state index contributed by atoms with van der Waals surface area (Å²) in [7, 11) is 0. The van der Waals surface area contributed by atoms with Crippen molar-refractivity contribution in [3.63, 3.8) is 0 Å². The molecule has 1 aliphatic rings. The van der Waals surface area contributed by atoms with Crippen LogP contribution in [-0.4, -0.2) is 32.0 Å². The molecule has 1 aliphatic heterocycles. The third-order valence-electron chi connectivity index (χ3n) is 5.51. The van der Waals surface area contributed by atoms with Crippen molar-refractivity contribution < 1.29 is 9.72 Å². The van der Waals surface area contributed by atoms with Crippen LogP contribution in [0.2, 0.25) is 0 Å². The normalized spacial score (nSPS) is 15.9. The largest absolute Gasteiger partial charge is 0.354 e. The third kappa shape index (κ3) is 3.34. The first kappa shape index (κ1) is 19.8. The van der Waals surface area contributed by atoms with Crippen LogP contribution in [0, 0.1) is 10.1 Å². The molecule has 1 atom stereocenters. The topological polar surface area (TPSA) is 94.2 Å². The van der Waals surface area contributed by atoms with Crippen molar-refractivity contribution in [2.45, 2.75) is 39.3 Å². The van der Waals surface area contributed by atoms with Gasteiger partial charge in [0.05, 0.1) is 11.0 Å². The van der Waals surface area contributed by atoms with E-state index in [0.29, 0.717) is 29.9 Å². The van der Waals surface area contributed by atoms with E-state index in [4.69, 9.17) is 0 Å². The number of ketones is 1. The number of rotatable bonds is 5. The Bertz CT molecular complexity index is 1110. The van der Waals surface area contributed by atoms with Crippen LogP contribution in [0.5, 0.6) is 0 Å². The van der Waals surface area contributed by atoms with Gasteiger partial charge in [0.2, 0.25) is 0 Å². The molecule has 0 saturated heterocycles. The van der Waals surface area contributed by atoms with Gasteiger partial charge in [0.15, 0.2) is 11.6 Å². The van der Waals surface area contributed by atoms with E-state index in [1.165, 1.54) is 6.07 Å². The van der Waals surface area contributed by atoms with E-state index in [1.54, 1.807) is 36.4 Å². The molecule has 8 nitrogen and oxygen atoms in total. The summed E-state index contributed by atoms with van der Waals surface area (Å²) in [5.41, 5.74) is 1.20. The summed E-state index contributed by atoms with van der Waals surface area (Å²) in [5.74, 6) is 1.74. The van der Waals surface area contributed by atoms with Crippen molar-refractivity contribution in [2.24, 2.45) is 0 Å². The molecule has 154 valence electrons. The van der Waals surface area contributed by atoms with Crippen LogP contribution >= 0.6 is 0 Å². The fourth-order valence-corrected chi connectivity index (χ4v) is 3.97. The molecule has 2 aromatic carbocycles. The van der Waals surface area contributed by atoms with Gasteiger partial charge in [0, 0.05) is 36.2 Å². The number of aromatic nitrogens is 3. The summed E-state index contributed by atoms with van der Waals surface area (Å²) in [6, 6.07) is 13.3. The Hall–Kier alpha value is -3.55.